The van der Waals surface area contributed by atoms with Gasteiger partial charge in [-0.25, -0.2) is 4.79 Å². The minimum absolute atomic E-state index is 0.322. The molecule has 0 radical (unpaired) electrons. The van der Waals surface area contributed by atoms with E-state index in [1.54, 1.807) is 0 Å². The van der Waals surface area contributed by atoms with Gasteiger partial charge in [0.15, 0.2) is 12.4 Å². The van der Waals surface area contributed by atoms with E-state index >= 15 is 0 Å². The lowest BCUT2D eigenvalue weighted by Crippen LogP contribution is -2.31. The molecule has 0 spiro atoms. The second-order valence-electron chi connectivity index (χ2n) is 6.20. The number of benzene rings is 1. The Hall–Kier alpha value is -2.83. The van der Waals surface area contributed by atoms with E-state index in [-0.39, 0.29) is 24.3 Å². The topological polar surface area (TPSA) is 84.9 Å². The molecule has 1 aromatic rings. The fourth-order valence-electron chi connectivity index (χ4n) is 2.87. The van der Waals surface area contributed by atoms with Crippen molar-refractivity contribution in [1.29, 1.82) is 0 Å². The van der Waals surface area contributed by atoms with E-state index in [0.29, 0.717) is 0 Å². The lowest BCUT2D eigenvalue weighted by Gasteiger charge is -2.23. The zero-order valence-electron chi connectivity index (χ0n) is 14.8. The SMILES string of the molecule is COC(=O)NCC(=O)OCC(=O)C=C1N(C)c2ccccc2C1(C)C. The van der Waals surface area contributed by atoms with Crippen LogP contribution in [0.2, 0.25) is 0 Å². The number of allylic oxidation sites excluding steroid dienone is 1. The molecule has 1 heterocycles. The van der Waals surface area contributed by atoms with Gasteiger partial charge in [-0.05, 0) is 11.6 Å². The van der Waals surface area contributed by atoms with Crippen LogP contribution in [0, 0.1) is 0 Å². The summed E-state index contributed by atoms with van der Waals surface area (Å²) < 4.78 is 9.21. The maximum atomic E-state index is 12.2. The highest BCUT2D eigenvalue weighted by atomic mass is 16.5. The highest BCUT2D eigenvalue weighted by Gasteiger charge is 2.38. The number of para-hydroxylation sites is 1. The van der Waals surface area contributed by atoms with E-state index in [2.05, 4.69) is 10.1 Å². The second-order valence-corrected chi connectivity index (χ2v) is 6.20. The first kappa shape index (κ1) is 18.5. The molecule has 2 rings (SSSR count). The Bertz CT molecular complexity index is 724. The average molecular weight is 346 g/mol. The molecule has 0 atom stereocenters. The smallest absolute Gasteiger partial charge is 0.407 e. The molecule has 0 bridgehead atoms. The van der Waals surface area contributed by atoms with E-state index in [1.807, 2.05) is 50.1 Å². The van der Waals surface area contributed by atoms with E-state index in [1.165, 1.54) is 13.2 Å². The number of fused-ring (bicyclic) bond motifs is 1. The lowest BCUT2D eigenvalue weighted by molar-refractivity contribution is -0.145. The maximum absolute atomic E-state index is 12.2. The van der Waals surface area contributed by atoms with Crippen molar-refractivity contribution in [2.45, 2.75) is 19.3 Å². The summed E-state index contributed by atoms with van der Waals surface area (Å²) in [5.74, 6) is -1.03. The van der Waals surface area contributed by atoms with Gasteiger partial charge in [0.2, 0.25) is 0 Å². The third-order valence-electron chi connectivity index (χ3n) is 4.18. The number of methoxy groups -OCH3 is 1. The predicted molar refractivity (Wildman–Crippen MR) is 92.3 cm³/mol. The molecule has 1 aliphatic rings. The Labute approximate surface area is 146 Å². The Balaban J connectivity index is 2.00. The van der Waals surface area contributed by atoms with Crippen LogP contribution in [-0.4, -0.2) is 45.2 Å². The summed E-state index contributed by atoms with van der Waals surface area (Å²) in [5.41, 5.74) is 2.70. The standard InChI is InChI=1S/C18H22N2O5/c1-18(2)13-7-5-6-8-14(13)20(3)15(18)9-12(21)11-25-16(22)10-19-17(23)24-4/h5-9H,10-11H2,1-4H3,(H,19,23). The molecule has 25 heavy (non-hydrogen) atoms. The van der Waals surface area contributed by atoms with E-state index in [0.717, 1.165) is 16.9 Å². The Kier molecular flexibility index (Phi) is 5.46. The summed E-state index contributed by atoms with van der Waals surface area (Å²) in [6, 6.07) is 7.96. The van der Waals surface area contributed by atoms with Crippen LogP contribution in [0.25, 0.3) is 0 Å². The van der Waals surface area contributed by atoms with Gasteiger partial charge in [-0.3, -0.25) is 9.59 Å². The van der Waals surface area contributed by atoms with Crippen LogP contribution in [0.1, 0.15) is 19.4 Å². The van der Waals surface area contributed by atoms with Gasteiger partial charge in [0.1, 0.15) is 6.54 Å². The number of rotatable bonds is 5. The molecule has 134 valence electrons. The number of hydrogen-bond acceptors (Lipinski definition) is 6. The lowest BCUT2D eigenvalue weighted by atomic mass is 9.83. The number of anilines is 1. The van der Waals surface area contributed by atoms with Gasteiger partial charge in [0.05, 0.1) is 7.11 Å². The summed E-state index contributed by atoms with van der Waals surface area (Å²) in [7, 11) is 3.09. The summed E-state index contributed by atoms with van der Waals surface area (Å²) in [5, 5.41) is 2.19. The number of amides is 1. The number of carbonyl (C=O) groups is 3. The summed E-state index contributed by atoms with van der Waals surface area (Å²) >= 11 is 0. The van der Waals surface area contributed by atoms with Crippen molar-refractivity contribution in [3.8, 4) is 0 Å². The van der Waals surface area contributed by atoms with Crippen LogP contribution in [-0.2, 0) is 24.5 Å². The van der Waals surface area contributed by atoms with Gasteiger partial charge in [0, 0.05) is 29.9 Å². The molecule has 0 saturated heterocycles. The molecule has 1 aliphatic heterocycles. The number of likely N-dealkylation sites (N-methyl/N-ethyl adjacent to an activating group) is 1. The van der Waals surface area contributed by atoms with E-state index in [4.69, 9.17) is 4.74 Å². The molecular weight excluding hydrogens is 324 g/mol. The van der Waals surface area contributed by atoms with E-state index in [9.17, 15) is 14.4 Å². The fraction of sp³-hybridized carbons (Fsp3) is 0.389. The molecule has 7 heteroatoms. The first-order chi connectivity index (χ1) is 11.8. The first-order valence-electron chi connectivity index (χ1n) is 7.83. The number of nitrogens with one attached hydrogen (secondary N) is 1. The minimum atomic E-state index is -0.738. The number of carbonyl (C=O) groups excluding carboxylic acids is 3. The van der Waals surface area contributed by atoms with Gasteiger partial charge in [-0.15, -0.1) is 0 Å². The predicted octanol–water partition coefficient (Wildman–Crippen LogP) is 1.77. The zero-order chi connectivity index (χ0) is 18.6. The molecule has 7 nitrogen and oxygen atoms in total. The largest absolute Gasteiger partial charge is 0.456 e. The molecule has 1 aromatic carbocycles. The number of nitrogens with zero attached hydrogens (tertiary/aromatic N) is 1. The molecule has 0 aromatic heterocycles. The zero-order valence-corrected chi connectivity index (χ0v) is 14.8. The summed E-state index contributed by atoms with van der Waals surface area (Å²) in [6.45, 7) is 3.35. The Morgan fingerprint density at radius 1 is 1.24 bits per heavy atom. The van der Waals surface area contributed by atoms with Crippen LogP contribution >= 0.6 is 0 Å². The Morgan fingerprint density at radius 2 is 1.92 bits per heavy atom. The molecule has 1 amide bonds. The number of ether oxygens (including phenoxy) is 2. The van der Waals surface area contributed by atoms with Crippen LogP contribution in [0.5, 0.6) is 0 Å². The van der Waals surface area contributed by atoms with Crippen molar-refractivity contribution in [3.05, 3.63) is 41.6 Å². The number of esters is 1. The minimum Gasteiger partial charge on any atom is -0.456 e. The number of alkyl carbamates (subject to hydrolysis) is 1. The average Bonchev–Trinajstić information content (AvgIpc) is 2.79. The van der Waals surface area contributed by atoms with Gasteiger partial charge in [-0.1, -0.05) is 32.0 Å². The summed E-state index contributed by atoms with van der Waals surface area (Å²) in [4.78, 5) is 36.5. The van der Waals surface area contributed by atoms with Gasteiger partial charge in [-0.2, -0.15) is 0 Å². The fourth-order valence-corrected chi connectivity index (χ4v) is 2.87. The van der Waals surface area contributed by atoms with Gasteiger partial charge in [0.25, 0.3) is 0 Å². The van der Waals surface area contributed by atoms with Gasteiger partial charge >= 0.3 is 12.1 Å². The van der Waals surface area contributed by atoms with Crippen molar-refractivity contribution in [2.75, 3.05) is 32.2 Å². The molecule has 0 fully saturated rings. The van der Waals surface area contributed by atoms with Crippen LogP contribution in [0.15, 0.2) is 36.0 Å². The van der Waals surface area contributed by atoms with Crippen LogP contribution in [0.4, 0.5) is 10.5 Å². The second kappa shape index (κ2) is 7.38. The highest BCUT2D eigenvalue weighted by molar-refractivity contribution is 5.94. The summed E-state index contributed by atoms with van der Waals surface area (Å²) in [6.07, 6.45) is 0.763. The molecular formula is C18H22N2O5. The van der Waals surface area contributed by atoms with Crippen molar-refractivity contribution >= 4 is 23.5 Å². The normalized spacial score (nSPS) is 16.3. The monoisotopic (exact) mass is 346 g/mol. The van der Waals surface area contributed by atoms with Gasteiger partial charge < -0.3 is 19.7 Å². The third kappa shape index (κ3) is 3.99. The van der Waals surface area contributed by atoms with Crippen molar-refractivity contribution in [2.24, 2.45) is 0 Å². The number of ketones is 1. The third-order valence-corrected chi connectivity index (χ3v) is 4.18. The Morgan fingerprint density at radius 3 is 2.56 bits per heavy atom. The maximum Gasteiger partial charge on any atom is 0.407 e. The molecule has 1 N–H and O–H groups in total. The first-order valence-corrected chi connectivity index (χ1v) is 7.83. The molecule has 0 aliphatic carbocycles. The van der Waals surface area contributed by atoms with Crippen LogP contribution in [0.3, 0.4) is 0 Å². The van der Waals surface area contributed by atoms with Crippen molar-refractivity contribution < 1.29 is 23.9 Å². The highest BCUT2D eigenvalue weighted by Crippen LogP contribution is 2.46. The molecule has 0 saturated carbocycles. The van der Waals surface area contributed by atoms with E-state index < -0.39 is 12.1 Å². The van der Waals surface area contributed by atoms with Crippen LogP contribution < -0.4 is 10.2 Å². The molecule has 0 unspecified atom stereocenters. The van der Waals surface area contributed by atoms with Crippen molar-refractivity contribution in [1.82, 2.24) is 5.32 Å². The number of hydrogen-bond donors (Lipinski definition) is 1. The van der Waals surface area contributed by atoms with Crippen molar-refractivity contribution in [3.63, 3.8) is 0 Å². The quantitative estimate of drug-likeness (QED) is 0.646.